The van der Waals surface area contributed by atoms with Crippen LogP contribution in [0, 0.1) is 5.82 Å². The number of carbonyl (C=O) groups is 1. The van der Waals surface area contributed by atoms with Gasteiger partial charge in [-0.3, -0.25) is 9.69 Å². The minimum Gasteiger partial charge on any atom is -0.369 e. The summed E-state index contributed by atoms with van der Waals surface area (Å²) >= 11 is 0. The molecular weight excluding hydrogens is 219 g/mol. The molecule has 0 unspecified atom stereocenters. The molecule has 0 spiro atoms. The van der Waals surface area contributed by atoms with Crippen molar-refractivity contribution in [3.63, 3.8) is 0 Å². The highest BCUT2D eigenvalue weighted by Crippen LogP contribution is 2.22. The fraction of sp³-hybridized carbons (Fsp3) is 0.308. The van der Waals surface area contributed by atoms with E-state index in [0.717, 1.165) is 25.1 Å². The summed E-state index contributed by atoms with van der Waals surface area (Å²) < 4.78 is 12.8. The zero-order valence-electron chi connectivity index (χ0n) is 9.53. The summed E-state index contributed by atoms with van der Waals surface area (Å²) in [5.41, 5.74) is 7.39. The molecule has 0 saturated carbocycles. The van der Waals surface area contributed by atoms with Crippen molar-refractivity contribution < 1.29 is 9.18 Å². The van der Waals surface area contributed by atoms with Crippen LogP contribution in [0.2, 0.25) is 0 Å². The van der Waals surface area contributed by atoms with Gasteiger partial charge in [-0.25, -0.2) is 4.39 Å². The van der Waals surface area contributed by atoms with Gasteiger partial charge >= 0.3 is 0 Å². The van der Waals surface area contributed by atoms with E-state index in [4.69, 9.17) is 5.73 Å². The minimum atomic E-state index is -0.302. The normalized spacial score (nSPS) is 16.6. The Bertz CT molecular complexity index is 439. The summed E-state index contributed by atoms with van der Waals surface area (Å²) in [6.07, 6.45) is 2.93. The van der Waals surface area contributed by atoms with Crippen molar-refractivity contribution in [1.82, 2.24) is 4.90 Å². The highest BCUT2D eigenvalue weighted by atomic mass is 19.1. The van der Waals surface area contributed by atoms with Gasteiger partial charge in [0, 0.05) is 13.1 Å². The van der Waals surface area contributed by atoms with Crippen molar-refractivity contribution in [2.75, 3.05) is 19.6 Å². The number of benzene rings is 1. The molecule has 1 aliphatic rings. The van der Waals surface area contributed by atoms with Gasteiger partial charge in [-0.15, -0.1) is 0 Å². The molecule has 1 aromatic rings. The van der Waals surface area contributed by atoms with Crippen LogP contribution >= 0.6 is 0 Å². The third kappa shape index (κ3) is 3.14. The van der Waals surface area contributed by atoms with E-state index in [0.29, 0.717) is 6.54 Å². The van der Waals surface area contributed by atoms with Crippen LogP contribution in [0.25, 0.3) is 5.57 Å². The third-order valence-electron chi connectivity index (χ3n) is 2.89. The Kier molecular flexibility index (Phi) is 3.54. The summed E-state index contributed by atoms with van der Waals surface area (Å²) in [7, 11) is 0. The Balaban J connectivity index is 2.03. The maximum absolute atomic E-state index is 12.8. The monoisotopic (exact) mass is 234 g/mol. The van der Waals surface area contributed by atoms with Gasteiger partial charge in [0.25, 0.3) is 0 Å². The molecule has 4 heteroatoms. The molecular formula is C13H15FN2O. The molecule has 0 aromatic heterocycles. The molecule has 3 nitrogen and oxygen atoms in total. The third-order valence-corrected chi connectivity index (χ3v) is 2.89. The maximum Gasteiger partial charge on any atom is 0.231 e. The molecule has 17 heavy (non-hydrogen) atoms. The standard InChI is InChI=1S/C13H15FN2O/c14-12-3-1-10(2-4-12)11-5-7-16(8-6-11)9-13(15)17/h1-5H,6-9H2,(H2,15,17). The average Bonchev–Trinajstić information content (AvgIpc) is 2.30. The number of nitrogens with two attached hydrogens (primary N) is 1. The van der Waals surface area contributed by atoms with Gasteiger partial charge in [-0.1, -0.05) is 18.2 Å². The number of amides is 1. The van der Waals surface area contributed by atoms with E-state index in [1.807, 2.05) is 4.90 Å². The van der Waals surface area contributed by atoms with E-state index in [-0.39, 0.29) is 11.7 Å². The molecule has 0 bridgehead atoms. The Labute approximate surface area is 99.7 Å². The molecule has 0 atom stereocenters. The van der Waals surface area contributed by atoms with Crippen molar-refractivity contribution in [3.05, 3.63) is 41.7 Å². The van der Waals surface area contributed by atoms with Gasteiger partial charge in [0.1, 0.15) is 5.82 Å². The van der Waals surface area contributed by atoms with Gasteiger partial charge in [-0.2, -0.15) is 0 Å². The number of carbonyl (C=O) groups excluding carboxylic acids is 1. The van der Waals surface area contributed by atoms with Crippen LogP contribution in [-0.2, 0) is 4.79 Å². The molecule has 90 valence electrons. The van der Waals surface area contributed by atoms with Crippen LogP contribution in [0.1, 0.15) is 12.0 Å². The fourth-order valence-electron chi connectivity index (χ4n) is 2.00. The first-order valence-corrected chi connectivity index (χ1v) is 5.61. The summed E-state index contributed by atoms with van der Waals surface area (Å²) in [6, 6.07) is 6.49. The van der Waals surface area contributed by atoms with E-state index >= 15 is 0 Å². The smallest absolute Gasteiger partial charge is 0.231 e. The van der Waals surface area contributed by atoms with E-state index in [2.05, 4.69) is 6.08 Å². The minimum absolute atomic E-state index is 0.222. The van der Waals surface area contributed by atoms with Crippen LogP contribution in [0.15, 0.2) is 30.3 Å². The molecule has 0 fully saturated rings. The summed E-state index contributed by atoms with van der Waals surface area (Å²) in [5.74, 6) is -0.524. The topological polar surface area (TPSA) is 46.3 Å². The van der Waals surface area contributed by atoms with Crippen molar-refractivity contribution in [2.45, 2.75) is 6.42 Å². The van der Waals surface area contributed by atoms with Crippen LogP contribution in [0.4, 0.5) is 4.39 Å². The lowest BCUT2D eigenvalue weighted by atomic mass is 9.99. The molecule has 1 aromatic carbocycles. The molecule has 0 saturated heterocycles. The van der Waals surface area contributed by atoms with Crippen molar-refractivity contribution in [3.8, 4) is 0 Å². The number of primary amides is 1. The second-order valence-electron chi connectivity index (χ2n) is 4.19. The summed E-state index contributed by atoms with van der Waals surface area (Å²) in [6.45, 7) is 1.83. The SMILES string of the molecule is NC(=O)CN1CC=C(c2ccc(F)cc2)CC1. The Morgan fingerprint density at radius 3 is 2.59 bits per heavy atom. The number of rotatable bonds is 3. The second-order valence-corrected chi connectivity index (χ2v) is 4.19. The first kappa shape index (κ1) is 11.8. The average molecular weight is 234 g/mol. The number of hydrogen-bond acceptors (Lipinski definition) is 2. The van der Waals surface area contributed by atoms with Gasteiger partial charge in [0.2, 0.25) is 5.91 Å². The highest BCUT2D eigenvalue weighted by Gasteiger charge is 2.14. The fourth-order valence-corrected chi connectivity index (χ4v) is 2.00. The highest BCUT2D eigenvalue weighted by molar-refractivity contribution is 5.76. The Morgan fingerprint density at radius 1 is 1.35 bits per heavy atom. The quantitative estimate of drug-likeness (QED) is 0.859. The summed E-state index contributed by atoms with van der Waals surface area (Å²) in [5, 5.41) is 0. The van der Waals surface area contributed by atoms with Crippen LogP contribution < -0.4 is 5.73 Å². The molecule has 2 N–H and O–H groups in total. The van der Waals surface area contributed by atoms with Gasteiger partial charge < -0.3 is 5.73 Å². The predicted octanol–water partition coefficient (Wildman–Crippen LogP) is 1.40. The predicted molar refractivity (Wildman–Crippen MR) is 64.6 cm³/mol. The second kappa shape index (κ2) is 5.10. The van der Waals surface area contributed by atoms with Crippen LogP contribution in [0.3, 0.4) is 0 Å². The molecule has 0 aliphatic carbocycles. The molecule has 2 rings (SSSR count). The Morgan fingerprint density at radius 2 is 2.06 bits per heavy atom. The lowest BCUT2D eigenvalue weighted by Crippen LogP contribution is -2.36. The van der Waals surface area contributed by atoms with Gasteiger partial charge in [0.05, 0.1) is 6.54 Å². The summed E-state index contributed by atoms with van der Waals surface area (Å²) in [4.78, 5) is 12.8. The zero-order chi connectivity index (χ0) is 12.3. The van der Waals surface area contributed by atoms with E-state index in [1.54, 1.807) is 12.1 Å². The first-order valence-electron chi connectivity index (χ1n) is 5.61. The lowest BCUT2D eigenvalue weighted by molar-refractivity contribution is -0.119. The zero-order valence-corrected chi connectivity index (χ0v) is 9.53. The van der Waals surface area contributed by atoms with Crippen LogP contribution in [0.5, 0.6) is 0 Å². The van der Waals surface area contributed by atoms with Crippen molar-refractivity contribution in [1.29, 1.82) is 0 Å². The molecule has 1 heterocycles. The largest absolute Gasteiger partial charge is 0.369 e. The molecule has 0 radical (unpaired) electrons. The van der Waals surface area contributed by atoms with Crippen molar-refractivity contribution >= 4 is 11.5 Å². The molecule has 1 aliphatic heterocycles. The van der Waals surface area contributed by atoms with Crippen molar-refractivity contribution in [2.24, 2.45) is 5.73 Å². The number of nitrogens with zero attached hydrogens (tertiary/aromatic N) is 1. The lowest BCUT2D eigenvalue weighted by Gasteiger charge is -2.25. The van der Waals surface area contributed by atoms with Gasteiger partial charge in [-0.05, 0) is 29.7 Å². The van der Waals surface area contributed by atoms with E-state index in [1.165, 1.54) is 17.7 Å². The maximum atomic E-state index is 12.8. The van der Waals surface area contributed by atoms with E-state index in [9.17, 15) is 9.18 Å². The van der Waals surface area contributed by atoms with Crippen LogP contribution in [-0.4, -0.2) is 30.4 Å². The number of halogens is 1. The van der Waals surface area contributed by atoms with E-state index < -0.39 is 0 Å². The number of hydrogen-bond donors (Lipinski definition) is 1. The molecule has 1 amide bonds. The first-order chi connectivity index (χ1) is 8.15. The van der Waals surface area contributed by atoms with Gasteiger partial charge in [0.15, 0.2) is 0 Å². The Hall–Kier alpha value is -1.68.